The van der Waals surface area contributed by atoms with Crippen LogP contribution in [0, 0.1) is 0 Å². The molecule has 10 heteroatoms. The van der Waals surface area contributed by atoms with Crippen molar-refractivity contribution in [2.45, 2.75) is 17.7 Å². The maximum absolute atomic E-state index is 12.5. The van der Waals surface area contributed by atoms with Crippen LogP contribution in [0.4, 0.5) is 0 Å². The Morgan fingerprint density at radius 1 is 1.41 bits per heavy atom. The number of thiophene rings is 1. The van der Waals surface area contributed by atoms with Gasteiger partial charge in [-0.3, -0.25) is 4.99 Å². The summed E-state index contributed by atoms with van der Waals surface area (Å²) in [6, 6.07) is 5.27. The Kier molecular flexibility index (Phi) is 7.72. The van der Waals surface area contributed by atoms with Crippen molar-refractivity contribution in [1.29, 1.82) is 0 Å². The van der Waals surface area contributed by atoms with Crippen molar-refractivity contribution in [2.24, 2.45) is 12.0 Å². The van der Waals surface area contributed by atoms with Gasteiger partial charge >= 0.3 is 0 Å². The first-order valence-corrected chi connectivity index (χ1v) is 11.3. The highest BCUT2D eigenvalue weighted by Crippen LogP contribution is 2.19. The zero-order valence-corrected chi connectivity index (χ0v) is 18.4. The second-order valence-corrected chi connectivity index (χ2v) is 9.77. The van der Waals surface area contributed by atoms with Crippen LogP contribution in [0.5, 0.6) is 0 Å². The van der Waals surface area contributed by atoms with Gasteiger partial charge in [0, 0.05) is 46.1 Å². The number of guanidine groups is 1. The molecule has 0 radical (unpaired) electrons. The SMILES string of the molecule is CCNC(=NCCN(C)S(=O)(=O)c1cccs1)N(C)Cc1cc(Cl)cn1C. The predicted molar refractivity (Wildman–Crippen MR) is 112 cm³/mol. The molecule has 0 amide bonds. The molecule has 0 fully saturated rings. The van der Waals surface area contributed by atoms with E-state index < -0.39 is 10.0 Å². The molecule has 0 saturated carbocycles. The van der Waals surface area contributed by atoms with Gasteiger partial charge in [0.15, 0.2) is 5.96 Å². The van der Waals surface area contributed by atoms with E-state index in [1.54, 1.807) is 24.6 Å². The highest BCUT2D eigenvalue weighted by molar-refractivity contribution is 7.91. The summed E-state index contributed by atoms with van der Waals surface area (Å²) in [6.07, 6.45) is 1.86. The molecule has 7 nitrogen and oxygen atoms in total. The fraction of sp³-hybridized carbons (Fsp3) is 0.471. The van der Waals surface area contributed by atoms with Crippen molar-refractivity contribution in [3.05, 3.63) is 40.5 Å². The van der Waals surface area contributed by atoms with Crippen LogP contribution in [-0.2, 0) is 23.6 Å². The second kappa shape index (κ2) is 9.59. The summed E-state index contributed by atoms with van der Waals surface area (Å²) >= 11 is 7.26. The molecule has 0 bridgehead atoms. The van der Waals surface area contributed by atoms with Crippen molar-refractivity contribution in [1.82, 2.24) is 19.1 Å². The fourth-order valence-corrected chi connectivity index (χ4v) is 5.13. The number of sulfonamides is 1. The van der Waals surface area contributed by atoms with E-state index in [0.29, 0.717) is 28.9 Å². The summed E-state index contributed by atoms with van der Waals surface area (Å²) in [7, 11) is 2.02. The number of likely N-dealkylation sites (N-methyl/N-ethyl adjacent to an activating group) is 1. The van der Waals surface area contributed by atoms with Gasteiger partial charge in [-0.2, -0.15) is 4.31 Å². The number of aliphatic imine (C=N–C) groups is 1. The molecule has 150 valence electrons. The van der Waals surface area contributed by atoms with Gasteiger partial charge in [0.2, 0.25) is 0 Å². The number of nitrogens with zero attached hydrogens (tertiary/aromatic N) is 4. The molecule has 2 heterocycles. The molecule has 0 aliphatic heterocycles. The lowest BCUT2D eigenvalue weighted by atomic mass is 10.4. The second-order valence-electron chi connectivity index (χ2n) is 6.11. The topological polar surface area (TPSA) is 69.9 Å². The highest BCUT2D eigenvalue weighted by atomic mass is 35.5. The Morgan fingerprint density at radius 2 is 2.15 bits per heavy atom. The van der Waals surface area contributed by atoms with Crippen LogP contribution in [0.25, 0.3) is 0 Å². The molecule has 0 saturated heterocycles. The number of hydrogen-bond acceptors (Lipinski definition) is 4. The minimum atomic E-state index is -3.45. The van der Waals surface area contributed by atoms with E-state index in [-0.39, 0.29) is 0 Å². The first-order chi connectivity index (χ1) is 12.8. The van der Waals surface area contributed by atoms with E-state index in [2.05, 4.69) is 10.3 Å². The van der Waals surface area contributed by atoms with Gasteiger partial charge in [-0.15, -0.1) is 11.3 Å². The van der Waals surface area contributed by atoms with E-state index in [9.17, 15) is 8.42 Å². The summed E-state index contributed by atoms with van der Waals surface area (Å²) in [5.41, 5.74) is 1.06. The van der Waals surface area contributed by atoms with Crippen LogP contribution in [0.3, 0.4) is 0 Å². The largest absolute Gasteiger partial charge is 0.357 e. The lowest BCUT2D eigenvalue weighted by Crippen LogP contribution is -2.39. The molecule has 0 unspecified atom stereocenters. The molecule has 0 aliphatic rings. The average molecular weight is 432 g/mol. The number of rotatable bonds is 8. The molecule has 2 rings (SSSR count). The maximum Gasteiger partial charge on any atom is 0.252 e. The summed E-state index contributed by atoms with van der Waals surface area (Å²) in [5.74, 6) is 0.719. The quantitative estimate of drug-likeness (QED) is 0.515. The first-order valence-electron chi connectivity index (χ1n) is 8.55. The molecule has 2 aromatic rings. The monoisotopic (exact) mass is 431 g/mol. The van der Waals surface area contributed by atoms with Gasteiger partial charge < -0.3 is 14.8 Å². The van der Waals surface area contributed by atoms with E-state index in [0.717, 1.165) is 18.2 Å². The summed E-state index contributed by atoms with van der Waals surface area (Å²) in [6.45, 7) is 4.02. The van der Waals surface area contributed by atoms with Gasteiger partial charge in [0.05, 0.1) is 18.1 Å². The van der Waals surface area contributed by atoms with Gasteiger partial charge in [0.25, 0.3) is 10.0 Å². The Labute approximate surface area is 170 Å². The summed E-state index contributed by atoms with van der Waals surface area (Å²) < 4.78 is 28.6. The van der Waals surface area contributed by atoms with E-state index in [4.69, 9.17) is 11.6 Å². The normalized spacial score (nSPS) is 12.6. The third-order valence-electron chi connectivity index (χ3n) is 4.01. The highest BCUT2D eigenvalue weighted by Gasteiger charge is 2.21. The Balaban J connectivity index is 2.01. The van der Waals surface area contributed by atoms with E-state index >= 15 is 0 Å². The fourth-order valence-electron chi connectivity index (χ4n) is 2.49. The molecule has 0 spiro atoms. The third kappa shape index (κ3) is 5.71. The minimum Gasteiger partial charge on any atom is -0.357 e. The van der Waals surface area contributed by atoms with Crippen LogP contribution in [0.15, 0.2) is 39.0 Å². The summed E-state index contributed by atoms with van der Waals surface area (Å²) in [4.78, 5) is 6.56. The summed E-state index contributed by atoms with van der Waals surface area (Å²) in [5, 5.41) is 5.69. The Bertz CT molecular complexity index is 862. The first kappa shape index (κ1) is 21.7. The number of aromatic nitrogens is 1. The molecule has 0 aliphatic carbocycles. The number of aryl methyl sites for hydroxylation is 1. The van der Waals surface area contributed by atoms with Gasteiger partial charge in [-0.05, 0) is 24.4 Å². The molecule has 27 heavy (non-hydrogen) atoms. The number of nitrogens with one attached hydrogen (secondary N) is 1. The predicted octanol–water partition coefficient (Wildman–Crippen LogP) is 2.46. The van der Waals surface area contributed by atoms with Crippen LogP contribution in [-0.4, -0.2) is 61.9 Å². The van der Waals surface area contributed by atoms with Gasteiger partial charge in [-0.1, -0.05) is 17.7 Å². The molecule has 0 atom stereocenters. The lowest BCUT2D eigenvalue weighted by Gasteiger charge is -2.23. The zero-order valence-electron chi connectivity index (χ0n) is 16.0. The molecule has 0 aromatic carbocycles. The zero-order chi connectivity index (χ0) is 20.0. The smallest absolute Gasteiger partial charge is 0.252 e. The average Bonchev–Trinajstić information content (AvgIpc) is 3.24. The van der Waals surface area contributed by atoms with Gasteiger partial charge in [0.1, 0.15) is 4.21 Å². The van der Waals surface area contributed by atoms with Crippen molar-refractivity contribution < 1.29 is 8.42 Å². The molecular weight excluding hydrogens is 406 g/mol. The molecular formula is C17H26ClN5O2S2. The number of hydrogen-bond donors (Lipinski definition) is 1. The van der Waals surface area contributed by atoms with Crippen molar-refractivity contribution in [3.63, 3.8) is 0 Å². The minimum absolute atomic E-state index is 0.305. The van der Waals surface area contributed by atoms with Crippen molar-refractivity contribution in [2.75, 3.05) is 33.7 Å². The van der Waals surface area contributed by atoms with Gasteiger partial charge in [-0.25, -0.2) is 8.42 Å². The van der Waals surface area contributed by atoms with Crippen LogP contribution < -0.4 is 5.32 Å². The lowest BCUT2D eigenvalue weighted by molar-refractivity contribution is 0.454. The van der Waals surface area contributed by atoms with E-state index in [1.807, 2.05) is 42.7 Å². The van der Waals surface area contributed by atoms with Crippen molar-refractivity contribution in [3.8, 4) is 0 Å². The van der Waals surface area contributed by atoms with Crippen LogP contribution in [0.1, 0.15) is 12.6 Å². The van der Waals surface area contributed by atoms with E-state index in [1.165, 1.54) is 15.6 Å². The third-order valence-corrected chi connectivity index (χ3v) is 7.44. The van der Waals surface area contributed by atoms with Crippen LogP contribution in [0.2, 0.25) is 5.02 Å². The maximum atomic E-state index is 12.5. The Hall–Kier alpha value is -1.55. The van der Waals surface area contributed by atoms with Crippen LogP contribution >= 0.6 is 22.9 Å². The van der Waals surface area contributed by atoms with Crippen molar-refractivity contribution >= 4 is 38.9 Å². The molecule has 1 N–H and O–H groups in total. The molecule has 2 aromatic heterocycles. The Morgan fingerprint density at radius 3 is 2.70 bits per heavy atom. The number of halogens is 1. The standard InChI is InChI=1S/C17H26ClN5O2S2/c1-5-19-17(22(3)13-15-11-14(18)12-21(15)2)20-8-9-23(4)27(24,25)16-7-6-10-26-16/h6-7,10-12H,5,8-9,13H2,1-4H3,(H,19,20).